The summed E-state index contributed by atoms with van der Waals surface area (Å²) in [5, 5.41) is 0. The van der Waals surface area contributed by atoms with Gasteiger partial charge in [0.05, 0.1) is 11.5 Å². The monoisotopic (exact) mass is 306 g/mol. The Bertz CT molecular complexity index is 526. The zero-order valence-electron chi connectivity index (χ0n) is 11.4. The number of halogens is 1. The van der Waals surface area contributed by atoms with E-state index < -0.39 is 9.05 Å². The van der Waals surface area contributed by atoms with Crippen LogP contribution in [0.2, 0.25) is 0 Å². The Hall–Kier alpha value is -0.780. The summed E-state index contributed by atoms with van der Waals surface area (Å²) in [6, 6.07) is 3.13. The lowest BCUT2D eigenvalue weighted by atomic mass is 10.1. The highest BCUT2D eigenvalue weighted by molar-refractivity contribution is 8.13. The Morgan fingerprint density at radius 1 is 1.11 bits per heavy atom. The van der Waals surface area contributed by atoms with Gasteiger partial charge in [-0.3, -0.25) is 0 Å². The summed E-state index contributed by atoms with van der Waals surface area (Å²) >= 11 is 0. The van der Waals surface area contributed by atoms with Gasteiger partial charge in [0.2, 0.25) is 0 Å². The molecule has 0 amide bonds. The Morgan fingerprint density at radius 3 is 2.32 bits per heavy atom. The smallest absolute Gasteiger partial charge is 0.261 e. The molecule has 6 heteroatoms. The first kappa shape index (κ1) is 16.3. The van der Waals surface area contributed by atoms with E-state index in [1.807, 2.05) is 6.92 Å². The third-order valence-corrected chi connectivity index (χ3v) is 4.42. The molecule has 1 aromatic rings. The Kier molecular flexibility index (Phi) is 6.10. The summed E-state index contributed by atoms with van der Waals surface area (Å²) in [4.78, 5) is 0.137. The van der Waals surface area contributed by atoms with E-state index in [9.17, 15) is 8.42 Å². The standard InChI is InChI=1S/C13H19ClO4S/c1-10-11(2)13(19(14,15)16)7-6-12(10)18-9-5-4-8-17-3/h6-7H,4-5,8-9H2,1-3H3. The minimum Gasteiger partial charge on any atom is -0.493 e. The molecular weight excluding hydrogens is 288 g/mol. The van der Waals surface area contributed by atoms with Crippen LogP contribution in [0.25, 0.3) is 0 Å². The van der Waals surface area contributed by atoms with Crippen molar-refractivity contribution in [2.24, 2.45) is 0 Å². The van der Waals surface area contributed by atoms with E-state index in [0.29, 0.717) is 24.5 Å². The fraction of sp³-hybridized carbons (Fsp3) is 0.538. The summed E-state index contributed by atoms with van der Waals surface area (Å²) in [7, 11) is 3.33. The van der Waals surface area contributed by atoms with Gasteiger partial charge in [-0.1, -0.05) is 0 Å². The van der Waals surface area contributed by atoms with Gasteiger partial charge in [0.1, 0.15) is 5.75 Å². The zero-order valence-corrected chi connectivity index (χ0v) is 13.0. The highest BCUT2D eigenvalue weighted by Gasteiger charge is 2.16. The number of rotatable bonds is 7. The molecule has 1 aromatic carbocycles. The lowest BCUT2D eigenvalue weighted by Gasteiger charge is -2.13. The molecule has 4 nitrogen and oxygen atoms in total. The van der Waals surface area contributed by atoms with Crippen molar-refractivity contribution in [3.63, 3.8) is 0 Å². The van der Waals surface area contributed by atoms with Crippen molar-refractivity contribution < 1.29 is 17.9 Å². The predicted octanol–water partition coefficient (Wildman–Crippen LogP) is 3.04. The van der Waals surface area contributed by atoms with Gasteiger partial charge in [-0.25, -0.2) is 8.42 Å². The number of hydrogen-bond acceptors (Lipinski definition) is 4. The molecule has 0 aliphatic carbocycles. The molecular formula is C13H19ClO4S. The van der Waals surface area contributed by atoms with Gasteiger partial charge >= 0.3 is 0 Å². The molecule has 0 aromatic heterocycles. The molecule has 0 radical (unpaired) electrons. The van der Waals surface area contributed by atoms with E-state index in [2.05, 4.69) is 0 Å². The van der Waals surface area contributed by atoms with Crippen LogP contribution in [0.3, 0.4) is 0 Å². The second-order valence-corrected chi connectivity index (χ2v) is 6.83. The number of unbranched alkanes of at least 4 members (excludes halogenated alkanes) is 1. The van der Waals surface area contributed by atoms with Gasteiger partial charge in [0.15, 0.2) is 0 Å². The summed E-state index contributed by atoms with van der Waals surface area (Å²) < 4.78 is 33.3. The maximum absolute atomic E-state index is 11.4. The number of ether oxygens (including phenoxy) is 2. The molecule has 108 valence electrons. The first-order valence-corrected chi connectivity index (χ1v) is 8.35. The van der Waals surface area contributed by atoms with Gasteiger partial charge in [0, 0.05) is 24.4 Å². The van der Waals surface area contributed by atoms with Crippen LogP contribution in [0.1, 0.15) is 24.0 Å². The summed E-state index contributed by atoms with van der Waals surface area (Å²) in [5.74, 6) is 0.694. The molecule has 0 unspecified atom stereocenters. The van der Waals surface area contributed by atoms with Crippen LogP contribution in [0, 0.1) is 13.8 Å². The maximum Gasteiger partial charge on any atom is 0.261 e. The van der Waals surface area contributed by atoms with E-state index in [0.717, 1.165) is 18.4 Å². The maximum atomic E-state index is 11.4. The molecule has 0 saturated heterocycles. The predicted molar refractivity (Wildman–Crippen MR) is 75.6 cm³/mol. The van der Waals surface area contributed by atoms with Crippen molar-refractivity contribution in [3.05, 3.63) is 23.3 Å². The van der Waals surface area contributed by atoms with E-state index >= 15 is 0 Å². The molecule has 0 atom stereocenters. The quantitative estimate of drug-likeness (QED) is 0.574. The van der Waals surface area contributed by atoms with Gasteiger partial charge in [0.25, 0.3) is 9.05 Å². The molecule has 0 fully saturated rings. The fourth-order valence-corrected chi connectivity index (χ4v) is 2.97. The molecule has 0 spiro atoms. The first-order chi connectivity index (χ1) is 8.88. The normalized spacial score (nSPS) is 11.6. The van der Waals surface area contributed by atoms with Crippen molar-refractivity contribution in [1.29, 1.82) is 0 Å². The number of hydrogen-bond donors (Lipinski definition) is 0. The average Bonchev–Trinajstić information content (AvgIpc) is 2.32. The first-order valence-electron chi connectivity index (χ1n) is 6.04. The fourth-order valence-electron chi connectivity index (χ4n) is 1.72. The third-order valence-electron chi connectivity index (χ3n) is 2.95. The Balaban J connectivity index is 2.75. The molecule has 0 N–H and O–H groups in total. The van der Waals surface area contributed by atoms with Crippen molar-refractivity contribution in [3.8, 4) is 5.75 Å². The second-order valence-electron chi connectivity index (χ2n) is 4.30. The van der Waals surface area contributed by atoms with Crippen molar-refractivity contribution >= 4 is 19.7 Å². The lowest BCUT2D eigenvalue weighted by Crippen LogP contribution is -2.03. The van der Waals surface area contributed by atoms with E-state index in [-0.39, 0.29) is 4.90 Å². The van der Waals surface area contributed by atoms with Gasteiger partial charge in [-0.15, -0.1) is 0 Å². The zero-order chi connectivity index (χ0) is 14.5. The van der Waals surface area contributed by atoms with Crippen LogP contribution in [0.4, 0.5) is 0 Å². The molecule has 0 saturated carbocycles. The molecule has 0 heterocycles. The largest absolute Gasteiger partial charge is 0.493 e. The second kappa shape index (κ2) is 7.12. The highest BCUT2D eigenvalue weighted by atomic mass is 35.7. The van der Waals surface area contributed by atoms with Gasteiger partial charge in [-0.2, -0.15) is 0 Å². The van der Waals surface area contributed by atoms with E-state index in [1.165, 1.54) is 6.07 Å². The van der Waals surface area contributed by atoms with Crippen LogP contribution in [-0.4, -0.2) is 28.7 Å². The average molecular weight is 307 g/mol. The minimum absolute atomic E-state index is 0.137. The summed E-state index contributed by atoms with van der Waals surface area (Å²) in [6.07, 6.45) is 1.82. The van der Waals surface area contributed by atoms with Crippen molar-refractivity contribution in [1.82, 2.24) is 0 Å². The van der Waals surface area contributed by atoms with E-state index in [4.69, 9.17) is 20.2 Å². The van der Waals surface area contributed by atoms with Gasteiger partial charge in [-0.05, 0) is 49.9 Å². The third kappa shape index (κ3) is 4.67. The Labute approximate surface area is 119 Å². The lowest BCUT2D eigenvalue weighted by molar-refractivity contribution is 0.184. The van der Waals surface area contributed by atoms with Crippen LogP contribution >= 0.6 is 10.7 Å². The van der Waals surface area contributed by atoms with Crippen LogP contribution in [0.15, 0.2) is 17.0 Å². The van der Waals surface area contributed by atoms with Crippen molar-refractivity contribution in [2.45, 2.75) is 31.6 Å². The van der Waals surface area contributed by atoms with Gasteiger partial charge < -0.3 is 9.47 Å². The minimum atomic E-state index is -3.71. The van der Waals surface area contributed by atoms with Crippen LogP contribution in [-0.2, 0) is 13.8 Å². The highest BCUT2D eigenvalue weighted by Crippen LogP contribution is 2.29. The van der Waals surface area contributed by atoms with Crippen LogP contribution in [0.5, 0.6) is 5.75 Å². The van der Waals surface area contributed by atoms with E-state index in [1.54, 1.807) is 20.1 Å². The summed E-state index contributed by atoms with van der Waals surface area (Å²) in [6.45, 7) is 4.84. The van der Waals surface area contributed by atoms with Crippen LogP contribution < -0.4 is 4.74 Å². The molecule has 0 aliphatic heterocycles. The molecule has 19 heavy (non-hydrogen) atoms. The molecule has 0 aliphatic rings. The topological polar surface area (TPSA) is 52.6 Å². The summed E-state index contributed by atoms with van der Waals surface area (Å²) in [5.41, 5.74) is 1.43. The number of benzene rings is 1. The molecule has 0 bridgehead atoms. The number of methoxy groups -OCH3 is 1. The Morgan fingerprint density at radius 2 is 1.74 bits per heavy atom. The molecule has 1 rings (SSSR count). The van der Waals surface area contributed by atoms with Crippen molar-refractivity contribution in [2.75, 3.05) is 20.3 Å². The SMILES string of the molecule is COCCCCOc1ccc(S(=O)(=O)Cl)c(C)c1C.